The molecule has 1 heterocycles. The van der Waals surface area contributed by atoms with Gasteiger partial charge in [-0.25, -0.2) is 4.79 Å². The minimum atomic E-state index is -1.50. The van der Waals surface area contributed by atoms with Crippen molar-refractivity contribution in [3.05, 3.63) is 0 Å². The molecular weight excluding hydrogens is 286 g/mol. The Labute approximate surface area is 121 Å². The van der Waals surface area contributed by atoms with E-state index in [0.717, 1.165) is 0 Å². The first-order valence-corrected chi connectivity index (χ1v) is 6.44. The van der Waals surface area contributed by atoms with Crippen LogP contribution in [-0.4, -0.2) is 77.7 Å². The third-order valence-corrected chi connectivity index (χ3v) is 3.14. The van der Waals surface area contributed by atoms with Crippen molar-refractivity contribution in [2.75, 3.05) is 13.7 Å². The molecule has 0 aromatic carbocycles. The Morgan fingerprint density at radius 2 is 2.00 bits per heavy atom. The molecule has 1 fully saturated rings. The lowest BCUT2D eigenvalue weighted by molar-refractivity contribution is -0.267. The Morgan fingerprint density at radius 1 is 1.38 bits per heavy atom. The highest BCUT2D eigenvalue weighted by Gasteiger charge is 2.46. The van der Waals surface area contributed by atoms with E-state index >= 15 is 0 Å². The minimum Gasteiger partial charge on any atom is -0.467 e. The number of rotatable bonds is 5. The molecule has 6 atom stereocenters. The maximum absolute atomic E-state index is 11.4. The van der Waals surface area contributed by atoms with Crippen molar-refractivity contribution in [2.24, 2.45) is 0 Å². The first-order chi connectivity index (χ1) is 9.81. The fourth-order valence-corrected chi connectivity index (χ4v) is 2.09. The second kappa shape index (κ2) is 7.66. The Hall–Kier alpha value is -1.26. The summed E-state index contributed by atoms with van der Waals surface area (Å²) in [5.74, 6) is -1.15. The molecule has 1 amide bonds. The molecule has 9 heteroatoms. The number of methoxy groups -OCH3 is 1. The van der Waals surface area contributed by atoms with Crippen LogP contribution in [0.4, 0.5) is 0 Å². The van der Waals surface area contributed by atoms with E-state index in [0.29, 0.717) is 0 Å². The Morgan fingerprint density at radius 3 is 2.48 bits per heavy atom. The molecular formula is C12H21NO8. The van der Waals surface area contributed by atoms with Gasteiger partial charge in [0, 0.05) is 6.92 Å². The van der Waals surface area contributed by atoms with Crippen LogP contribution in [0.2, 0.25) is 0 Å². The molecule has 0 bridgehead atoms. The van der Waals surface area contributed by atoms with Gasteiger partial charge in [-0.15, -0.1) is 0 Å². The summed E-state index contributed by atoms with van der Waals surface area (Å²) in [6.07, 6.45) is -6.12. The maximum atomic E-state index is 11.4. The summed E-state index contributed by atoms with van der Waals surface area (Å²) < 4.78 is 14.9. The number of esters is 1. The summed E-state index contributed by atoms with van der Waals surface area (Å²) in [6.45, 7) is 2.06. The van der Waals surface area contributed by atoms with Crippen LogP contribution in [0.1, 0.15) is 13.8 Å². The third-order valence-electron chi connectivity index (χ3n) is 3.14. The van der Waals surface area contributed by atoms with Gasteiger partial charge in [0.15, 0.2) is 12.4 Å². The van der Waals surface area contributed by atoms with Crippen molar-refractivity contribution in [2.45, 2.75) is 50.6 Å². The summed E-state index contributed by atoms with van der Waals surface area (Å²) >= 11 is 0. The van der Waals surface area contributed by atoms with Gasteiger partial charge in [0.05, 0.1) is 13.7 Å². The Balaban J connectivity index is 2.92. The van der Waals surface area contributed by atoms with Crippen molar-refractivity contribution in [3.63, 3.8) is 0 Å². The lowest BCUT2D eigenvalue weighted by Crippen LogP contribution is -2.65. The van der Waals surface area contributed by atoms with Crippen molar-refractivity contribution in [3.8, 4) is 0 Å². The second-order valence-electron chi connectivity index (χ2n) is 4.73. The van der Waals surface area contributed by atoms with Crippen LogP contribution in [0.3, 0.4) is 0 Å². The van der Waals surface area contributed by atoms with Crippen molar-refractivity contribution in [1.29, 1.82) is 0 Å². The van der Waals surface area contributed by atoms with Gasteiger partial charge in [-0.2, -0.15) is 0 Å². The van der Waals surface area contributed by atoms with Gasteiger partial charge in [0.1, 0.15) is 24.4 Å². The highest BCUT2D eigenvalue weighted by atomic mass is 16.6. The van der Waals surface area contributed by atoms with Gasteiger partial charge >= 0.3 is 5.97 Å². The Bertz CT molecular complexity index is 376. The number of carbonyl (C=O) groups excluding carboxylic acids is 2. The van der Waals surface area contributed by atoms with Gasteiger partial charge in [0.25, 0.3) is 0 Å². The molecule has 1 saturated heterocycles. The molecule has 21 heavy (non-hydrogen) atoms. The SMILES string of the molecule is COC(=O)[C@@H](C)O[C@H]1[C@H](O)[C@@H](CO)O[C@H](O)[C@@H]1NC(C)=O. The molecule has 0 aromatic heterocycles. The zero-order valence-corrected chi connectivity index (χ0v) is 12.1. The van der Waals surface area contributed by atoms with E-state index in [9.17, 15) is 19.8 Å². The molecule has 0 radical (unpaired) electrons. The van der Waals surface area contributed by atoms with E-state index in [4.69, 9.17) is 14.6 Å². The third kappa shape index (κ3) is 4.35. The number of nitrogens with one attached hydrogen (secondary N) is 1. The van der Waals surface area contributed by atoms with Crippen LogP contribution in [0.5, 0.6) is 0 Å². The standard InChI is InChI=1S/C12H21NO8/c1-5(11(17)19-3)20-10-8(13-6(2)15)12(18)21-7(4-14)9(10)16/h5,7-10,12,14,16,18H,4H2,1-3H3,(H,13,15)/t5-,7-,8-,9-,10-,12+/m1/s1. The summed E-state index contributed by atoms with van der Waals surface area (Å²) in [5.41, 5.74) is 0. The van der Waals surface area contributed by atoms with E-state index in [1.807, 2.05) is 0 Å². The van der Waals surface area contributed by atoms with E-state index in [1.54, 1.807) is 0 Å². The number of aliphatic hydroxyl groups excluding tert-OH is 3. The Kier molecular flexibility index (Phi) is 6.49. The normalized spacial score (nSPS) is 34.1. The van der Waals surface area contributed by atoms with Crippen LogP contribution >= 0.6 is 0 Å². The zero-order valence-electron chi connectivity index (χ0n) is 12.1. The van der Waals surface area contributed by atoms with Crippen LogP contribution in [0, 0.1) is 0 Å². The first-order valence-electron chi connectivity index (χ1n) is 6.44. The lowest BCUT2D eigenvalue weighted by atomic mass is 9.96. The predicted molar refractivity (Wildman–Crippen MR) is 67.9 cm³/mol. The summed E-state index contributed by atoms with van der Waals surface area (Å²) in [5, 5.41) is 31.5. The number of hydrogen-bond acceptors (Lipinski definition) is 8. The number of ether oxygens (including phenoxy) is 3. The van der Waals surface area contributed by atoms with Gasteiger partial charge in [0.2, 0.25) is 5.91 Å². The van der Waals surface area contributed by atoms with Crippen LogP contribution < -0.4 is 5.32 Å². The first kappa shape index (κ1) is 17.8. The minimum absolute atomic E-state index is 0.475. The highest BCUT2D eigenvalue weighted by molar-refractivity contribution is 5.74. The molecule has 4 N–H and O–H groups in total. The fraction of sp³-hybridized carbons (Fsp3) is 0.833. The monoisotopic (exact) mass is 307 g/mol. The van der Waals surface area contributed by atoms with Crippen LogP contribution in [-0.2, 0) is 23.8 Å². The fourth-order valence-electron chi connectivity index (χ4n) is 2.09. The smallest absolute Gasteiger partial charge is 0.334 e. The van der Waals surface area contributed by atoms with E-state index in [1.165, 1.54) is 21.0 Å². The number of carbonyl (C=O) groups is 2. The summed E-state index contributed by atoms with van der Waals surface area (Å²) in [7, 11) is 1.18. The summed E-state index contributed by atoms with van der Waals surface area (Å²) in [6, 6.07) is -1.09. The average Bonchev–Trinajstić information content (AvgIpc) is 2.44. The van der Waals surface area contributed by atoms with Crippen LogP contribution in [0.25, 0.3) is 0 Å². The molecule has 0 aliphatic carbocycles. The molecule has 0 saturated carbocycles. The molecule has 122 valence electrons. The molecule has 1 aliphatic heterocycles. The second-order valence-corrected chi connectivity index (χ2v) is 4.73. The van der Waals surface area contributed by atoms with E-state index < -0.39 is 55.2 Å². The molecule has 0 aromatic rings. The number of aliphatic hydroxyl groups is 3. The predicted octanol–water partition coefficient (Wildman–Crippen LogP) is -2.49. The highest BCUT2D eigenvalue weighted by Crippen LogP contribution is 2.23. The summed E-state index contributed by atoms with van der Waals surface area (Å²) in [4.78, 5) is 22.6. The average molecular weight is 307 g/mol. The molecule has 1 rings (SSSR count). The van der Waals surface area contributed by atoms with Gasteiger partial charge < -0.3 is 34.8 Å². The molecule has 0 spiro atoms. The quantitative estimate of drug-likeness (QED) is 0.410. The largest absolute Gasteiger partial charge is 0.467 e. The number of amides is 1. The van der Waals surface area contributed by atoms with Gasteiger partial charge in [-0.05, 0) is 6.92 Å². The van der Waals surface area contributed by atoms with Crippen molar-refractivity contribution >= 4 is 11.9 Å². The van der Waals surface area contributed by atoms with Crippen LogP contribution in [0.15, 0.2) is 0 Å². The lowest BCUT2D eigenvalue weighted by Gasteiger charge is -2.43. The molecule has 1 aliphatic rings. The van der Waals surface area contributed by atoms with E-state index in [-0.39, 0.29) is 0 Å². The topological polar surface area (TPSA) is 135 Å². The van der Waals surface area contributed by atoms with Crippen molar-refractivity contribution < 1.29 is 39.1 Å². The van der Waals surface area contributed by atoms with Gasteiger partial charge in [-0.1, -0.05) is 0 Å². The zero-order chi connectivity index (χ0) is 16.2. The maximum Gasteiger partial charge on any atom is 0.334 e. The van der Waals surface area contributed by atoms with E-state index in [2.05, 4.69) is 10.1 Å². The molecule has 0 unspecified atom stereocenters. The molecule has 9 nitrogen and oxygen atoms in total. The van der Waals surface area contributed by atoms with Crippen molar-refractivity contribution in [1.82, 2.24) is 5.32 Å². The number of hydrogen-bond donors (Lipinski definition) is 4. The van der Waals surface area contributed by atoms with Gasteiger partial charge in [-0.3, -0.25) is 4.79 Å².